The van der Waals surface area contributed by atoms with Crippen LogP contribution in [0, 0.1) is 0 Å². The molecule has 0 radical (unpaired) electrons. The second-order valence-corrected chi connectivity index (χ2v) is 7.73. The van der Waals surface area contributed by atoms with E-state index in [2.05, 4.69) is 60.7 Å². The van der Waals surface area contributed by atoms with E-state index < -0.39 is 0 Å². The summed E-state index contributed by atoms with van der Waals surface area (Å²) in [7, 11) is 1.59. The highest BCUT2D eigenvalue weighted by Gasteiger charge is 2.10. The second kappa shape index (κ2) is 6.71. The van der Waals surface area contributed by atoms with Gasteiger partial charge in [-0.25, -0.2) is 4.79 Å². The van der Waals surface area contributed by atoms with Crippen molar-refractivity contribution in [3.63, 3.8) is 0 Å². The lowest BCUT2D eigenvalue weighted by Crippen LogP contribution is -1.98. The zero-order valence-corrected chi connectivity index (χ0v) is 16.9. The highest BCUT2D eigenvalue weighted by atomic mass is 16.5. The summed E-state index contributed by atoms with van der Waals surface area (Å²) in [5.74, 6) is 0.656. The van der Waals surface area contributed by atoms with E-state index >= 15 is 0 Å². The molecule has 0 saturated carbocycles. The maximum Gasteiger partial charge on any atom is 0.336 e. The molecule has 148 valence electrons. The predicted molar refractivity (Wildman–Crippen MR) is 128 cm³/mol. The molecule has 1 aromatic heterocycles. The molecule has 0 aliphatic rings. The van der Waals surface area contributed by atoms with Gasteiger partial charge in [-0.2, -0.15) is 0 Å². The van der Waals surface area contributed by atoms with Gasteiger partial charge in [-0.3, -0.25) is 0 Å². The third kappa shape index (κ3) is 2.78. The molecule has 0 N–H and O–H groups in total. The quantitative estimate of drug-likeness (QED) is 0.239. The fourth-order valence-electron chi connectivity index (χ4n) is 4.52. The minimum absolute atomic E-state index is 0.379. The summed E-state index contributed by atoms with van der Waals surface area (Å²) in [4.78, 5) is 12.1. The van der Waals surface area contributed by atoms with Crippen LogP contribution in [0.4, 0.5) is 0 Å². The molecule has 0 aliphatic carbocycles. The second-order valence-electron chi connectivity index (χ2n) is 7.73. The number of fused-ring (bicyclic) bond motifs is 1. The van der Waals surface area contributed by atoms with Gasteiger partial charge >= 0.3 is 5.63 Å². The van der Waals surface area contributed by atoms with Crippen molar-refractivity contribution in [3.8, 4) is 5.75 Å². The van der Waals surface area contributed by atoms with Crippen molar-refractivity contribution in [2.24, 2.45) is 0 Å². The Morgan fingerprint density at radius 2 is 1.39 bits per heavy atom. The summed E-state index contributed by atoms with van der Waals surface area (Å²) in [5.41, 5.74) is 2.07. The lowest BCUT2D eigenvalue weighted by molar-refractivity contribution is 0.414. The smallest absolute Gasteiger partial charge is 0.336 e. The molecule has 0 bridgehead atoms. The van der Waals surface area contributed by atoms with Crippen molar-refractivity contribution in [1.29, 1.82) is 0 Å². The molecule has 0 aliphatic heterocycles. The van der Waals surface area contributed by atoms with Crippen LogP contribution in [0.1, 0.15) is 11.1 Å². The van der Waals surface area contributed by atoms with Gasteiger partial charge in [-0.05, 0) is 55.6 Å². The Kier molecular flexibility index (Phi) is 3.84. The van der Waals surface area contributed by atoms with E-state index in [0.29, 0.717) is 11.3 Å². The minimum Gasteiger partial charge on any atom is -0.497 e. The number of rotatable bonds is 3. The van der Waals surface area contributed by atoms with Crippen molar-refractivity contribution in [2.45, 2.75) is 0 Å². The van der Waals surface area contributed by atoms with Gasteiger partial charge in [-0.15, -0.1) is 0 Å². The van der Waals surface area contributed by atoms with Gasteiger partial charge in [0.05, 0.1) is 7.11 Å². The van der Waals surface area contributed by atoms with Crippen molar-refractivity contribution in [3.05, 3.63) is 100 Å². The standard InChI is InChI=1S/C28H18O3/c1-30-22-12-14-23-21(15-26(29)31-25(23)16-22)10-6-17-5-7-20-9-8-18-3-2-4-19-11-13-24(17)28(20)27(18)19/h2-16H,1H3. The first-order valence-corrected chi connectivity index (χ1v) is 10.2. The average molecular weight is 402 g/mol. The largest absolute Gasteiger partial charge is 0.497 e. The van der Waals surface area contributed by atoms with Crippen molar-refractivity contribution >= 4 is 55.4 Å². The number of ether oxygens (including phenoxy) is 1. The molecule has 6 aromatic rings. The Balaban J connectivity index is 1.56. The third-order valence-electron chi connectivity index (χ3n) is 5.99. The predicted octanol–water partition coefficient (Wildman–Crippen LogP) is 6.87. The minimum atomic E-state index is -0.379. The van der Waals surface area contributed by atoms with Crippen LogP contribution in [0.25, 0.3) is 55.4 Å². The fourth-order valence-corrected chi connectivity index (χ4v) is 4.52. The number of methoxy groups -OCH3 is 1. The van der Waals surface area contributed by atoms with Gasteiger partial charge < -0.3 is 9.15 Å². The van der Waals surface area contributed by atoms with E-state index in [1.54, 1.807) is 13.2 Å². The molecule has 0 atom stereocenters. The first kappa shape index (κ1) is 17.7. The molecule has 0 saturated heterocycles. The molecule has 0 unspecified atom stereocenters. The van der Waals surface area contributed by atoms with Crippen LogP contribution >= 0.6 is 0 Å². The summed E-state index contributed by atoms with van der Waals surface area (Å²) in [6, 6.07) is 26.5. The van der Waals surface area contributed by atoms with Gasteiger partial charge in [0.15, 0.2) is 0 Å². The van der Waals surface area contributed by atoms with Crippen LogP contribution < -0.4 is 10.4 Å². The van der Waals surface area contributed by atoms with Gasteiger partial charge in [0.2, 0.25) is 0 Å². The van der Waals surface area contributed by atoms with Crippen LogP contribution in [0.2, 0.25) is 0 Å². The van der Waals surface area contributed by atoms with Crippen molar-refractivity contribution in [1.82, 2.24) is 0 Å². The molecule has 0 spiro atoms. The number of hydrogen-bond acceptors (Lipinski definition) is 3. The van der Waals surface area contributed by atoms with E-state index in [0.717, 1.165) is 16.5 Å². The maximum atomic E-state index is 12.1. The molecule has 5 aromatic carbocycles. The molecular weight excluding hydrogens is 384 g/mol. The first-order valence-electron chi connectivity index (χ1n) is 10.2. The van der Waals surface area contributed by atoms with Gasteiger partial charge in [0, 0.05) is 17.5 Å². The normalized spacial score (nSPS) is 12.0. The van der Waals surface area contributed by atoms with E-state index in [4.69, 9.17) is 9.15 Å². The fraction of sp³-hybridized carbons (Fsp3) is 0.0357. The maximum absolute atomic E-state index is 12.1. The Hall–Kier alpha value is -4.11. The van der Waals surface area contributed by atoms with Gasteiger partial charge in [-0.1, -0.05) is 66.7 Å². The van der Waals surface area contributed by atoms with Crippen molar-refractivity contribution < 1.29 is 9.15 Å². The van der Waals surface area contributed by atoms with Gasteiger partial charge in [0.1, 0.15) is 11.3 Å². The zero-order valence-electron chi connectivity index (χ0n) is 16.9. The Labute approximate surface area is 178 Å². The summed E-state index contributed by atoms with van der Waals surface area (Å²) in [6.45, 7) is 0. The van der Waals surface area contributed by atoms with Crippen LogP contribution in [-0.2, 0) is 0 Å². The van der Waals surface area contributed by atoms with Crippen molar-refractivity contribution in [2.75, 3.05) is 7.11 Å². The monoisotopic (exact) mass is 402 g/mol. The molecule has 1 heterocycles. The van der Waals surface area contributed by atoms with Gasteiger partial charge in [0.25, 0.3) is 0 Å². The summed E-state index contributed by atoms with van der Waals surface area (Å²) in [6.07, 6.45) is 4.06. The molecule has 31 heavy (non-hydrogen) atoms. The summed E-state index contributed by atoms with van der Waals surface area (Å²) in [5, 5.41) is 8.37. The van der Waals surface area contributed by atoms with E-state index in [1.807, 2.05) is 18.2 Å². The topological polar surface area (TPSA) is 39.4 Å². The molecule has 6 rings (SSSR count). The lowest BCUT2D eigenvalue weighted by atomic mass is 9.92. The number of hydrogen-bond donors (Lipinski definition) is 0. The highest BCUT2D eigenvalue weighted by molar-refractivity contribution is 6.24. The SMILES string of the molecule is COc1ccc2c(C=Cc3ccc4ccc5cccc6ccc3c4c56)cc(=O)oc2c1. The highest BCUT2D eigenvalue weighted by Crippen LogP contribution is 2.36. The summed E-state index contributed by atoms with van der Waals surface area (Å²) >= 11 is 0. The van der Waals surface area contributed by atoms with Crippen LogP contribution in [-0.4, -0.2) is 7.11 Å². The number of benzene rings is 5. The Morgan fingerprint density at radius 3 is 2.19 bits per heavy atom. The van der Waals surface area contributed by atoms with Crippen LogP contribution in [0.5, 0.6) is 5.75 Å². The zero-order chi connectivity index (χ0) is 20.9. The Morgan fingerprint density at radius 1 is 0.710 bits per heavy atom. The van der Waals surface area contributed by atoms with E-state index in [-0.39, 0.29) is 5.63 Å². The third-order valence-corrected chi connectivity index (χ3v) is 5.99. The molecule has 3 nitrogen and oxygen atoms in total. The molecule has 0 amide bonds. The summed E-state index contributed by atoms with van der Waals surface area (Å²) < 4.78 is 10.6. The van der Waals surface area contributed by atoms with Crippen LogP contribution in [0.15, 0.2) is 88.1 Å². The molecular formula is C28H18O3. The first-order chi connectivity index (χ1) is 15.2. The molecule has 3 heteroatoms. The van der Waals surface area contributed by atoms with E-state index in [9.17, 15) is 4.79 Å². The average Bonchev–Trinajstić information content (AvgIpc) is 2.80. The molecule has 0 fully saturated rings. The lowest BCUT2D eigenvalue weighted by Gasteiger charge is -2.12. The Bertz CT molecular complexity index is 1670. The van der Waals surface area contributed by atoms with Crippen LogP contribution in [0.3, 0.4) is 0 Å². The van der Waals surface area contributed by atoms with E-state index in [1.165, 1.54) is 38.4 Å².